The molecule has 0 aliphatic carbocycles. The van der Waals surface area contributed by atoms with Crippen molar-refractivity contribution in [2.75, 3.05) is 19.0 Å². The van der Waals surface area contributed by atoms with E-state index in [-0.39, 0.29) is 24.2 Å². The molecule has 0 saturated carbocycles. The molecule has 0 atom stereocenters. The lowest BCUT2D eigenvalue weighted by molar-refractivity contribution is -0.118. The number of carbonyl (C=O) groups is 1. The molecule has 0 unspecified atom stereocenters. The summed E-state index contributed by atoms with van der Waals surface area (Å²) in [6.45, 7) is 3.59. The molecule has 1 amide bonds. The van der Waals surface area contributed by atoms with Gasteiger partial charge in [0.05, 0.1) is 23.7 Å². The molecule has 0 aliphatic rings. The zero-order valence-corrected chi connectivity index (χ0v) is 17.6. The highest BCUT2D eigenvalue weighted by Crippen LogP contribution is 2.38. The van der Waals surface area contributed by atoms with Crippen LogP contribution in [0.25, 0.3) is 20.3 Å². The number of hydrogen-bond acceptors (Lipinski definition) is 6. The number of hydrogen-bond donors (Lipinski definition) is 1. The van der Waals surface area contributed by atoms with Crippen LogP contribution in [0.4, 0.5) is 10.1 Å². The number of methoxy groups -OCH3 is 1. The summed E-state index contributed by atoms with van der Waals surface area (Å²) in [4.78, 5) is 21.4. The van der Waals surface area contributed by atoms with Gasteiger partial charge in [-0.25, -0.2) is 9.37 Å². The first kappa shape index (κ1) is 20.0. The second kappa shape index (κ2) is 8.23. The second-order valence-electron chi connectivity index (χ2n) is 6.73. The number of aromatic nitrogens is 2. The second-order valence-corrected chi connectivity index (χ2v) is 7.78. The Morgan fingerprint density at radius 3 is 2.83 bits per heavy atom. The van der Waals surface area contributed by atoms with Crippen molar-refractivity contribution in [3.05, 3.63) is 53.6 Å². The SMILES string of the molecule is CCc1nc(OCC(=O)Nc2cc(C)ccc2OC)c2sc3cccc(F)c3c2n1. The molecule has 30 heavy (non-hydrogen) atoms. The van der Waals surface area contributed by atoms with Crippen LogP contribution >= 0.6 is 11.3 Å². The van der Waals surface area contributed by atoms with Crippen LogP contribution in [0.15, 0.2) is 36.4 Å². The fraction of sp³-hybridized carbons (Fsp3) is 0.227. The van der Waals surface area contributed by atoms with Gasteiger partial charge < -0.3 is 14.8 Å². The van der Waals surface area contributed by atoms with E-state index in [0.29, 0.717) is 39.3 Å². The van der Waals surface area contributed by atoms with Crippen molar-refractivity contribution < 1.29 is 18.7 Å². The smallest absolute Gasteiger partial charge is 0.262 e. The van der Waals surface area contributed by atoms with Gasteiger partial charge in [0.15, 0.2) is 6.61 Å². The van der Waals surface area contributed by atoms with Crippen LogP contribution in [0.3, 0.4) is 0 Å². The van der Waals surface area contributed by atoms with E-state index in [9.17, 15) is 9.18 Å². The van der Waals surface area contributed by atoms with E-state index >= 15 is 0 Å². The molecular formula is C22H20FN3O3S. The standard InChI is InChI=1S/C22H20FN3O3S/c1-4-17-25-20-19-13(23)6-5-7-16(19)30-21(20)22(26-17)29-11-18(27)24-14-10-12(2)8-9-15(14)28-3/h5-10H,4,11H2,1-3H3,(H,24,27). The van der Waals surface area contributed by atoms with E-state index in [1.807, 2.05) is 32.0 Å². The Labute approximate surface area is 176 Å². The van der Waals surface area contributed by atoms with Crippen molar-refractivity contribution in [2.45, 2.75) is 20.3 Å². The van der Waals surface area contributed by atoms with Gasteiger partial charge in [0, 0.05) is 11.1 Å². The summed E-state index contributed by atoms with van der Waals surface area (Å²) in [5, 5.41) is 3.25. The number of nitrogens with zero attached hydrogens (tertiary/aromatic N) is 2. The van der Waals surface area contributed by atoms with E-state index in [1.165, 1.54) is 17.4 Å². The van der Waals surface area contributed by atoms with Crippen molar-refractivity contribution in [3.63, 3.8) is 0 Å². The molecule has 6 nitrogen and oxygen atoms in total. The number of aryl methyl sites for hydroxylation is 2. The normalized spacial score (nSPS) is 11.1. The van der Waals surface area contributed by atoms with Crippen molar-refractivity contribution >= 4 is 43.2 Å². The first-order valence-electron chi connectivity index (χ1n) is 9.45. The molecule has 2 aromatic carbocycles. The van der Waals surface area contributed by atoms with Crippen LogP contribution in [-0.2, 0) is 11.2 Å². The van der Waals surface area contributed by atoms with Crippen molar-refractivity contribution in [1.82, 2.24) is 9.97 Å². The highest BCUT2D eigenvalue weighted by atomic mass is 32.1. The quantitative estimate of drug-likeness (QED) is 0.477. The number of rotatable bonds is 6. The third-order valence-corrected chi connectivity index (χ3v) is 5.72. The van der Waals surface area contributed by atoms with Crippen LogP contribution in [0.1, 0.15) is 18.3 Å². The minimum atomic E-state index is -0.351. The number of nitrogens with one attached hydrogen (secondary N) is 1. The van der Waals surface area contributed by atoms with Crippen LogP contribution in [-0.4, -0.2) is 29.6 Å². The van der Waals surface area contributed by atoms with E-state index in [4.69, 9.17) is 9.47 Å². The number of benzene rings is 2. The summed E-state index contributed by atoms with van der Waals surface area (Å²) >= 11 is 1.34. The third kappa shape index (κ3) is 3.78. The monoisotopic (exact) mass is 425 g/mol. The van der Waals surface area contributed by atoms with E-state index in [0.717, 1.165) is 10.3 Å². The van der Waals surface area contributed by atoms with Gasteiger partial charge in [-0.15, -0.1) is 11.3 Å². The molecule has 0 radical (unpaired) electrons. The summed E-state index contributed by atoms with van der Waals surface area (Å²) in [6.07, 6.45) is 0.560. The molecule has 0 aliphatic heterocycles. The highest BCUT2D eigenvalue weighted by Gasteiger charge is 2.18. The summed E-state index contributed by atoms with van der Waals surface area (Å²) in [7, 11) is 1.54. The van der Waals surface area contributed by atoms with Gasteiger partial charge in [-0.2, -0.15) is 4.98 Å². The summed E-state index contributed by atoms with van der Waals surface area (Å²) in [6, 6.07) is 10.4. The minimum Gasteiger partial charge on any atom is -0.495 e. The molecule has 0 fully saturated rings. The molecule has 2 heterocycles. The number of amides is 1. The van der Waals surface area contributed by atoms with Gasteiger partial charge >= 0.3 is 0 Å². The minimum absolute atomic E-state index is 0.247. The van der Waals surface area contributed by atoms with Crippen molar-refractivity contribution in [3.8, 4) is 11.6 Å². The lowest BCUT2D eigenvalue weighted by Crippen LogP contribution is -2.21. The van der Waals surface area contributed by atoms with E-state index < -0.39 is 0 Å². The number of carbonyl (C=O) groups excluding carboxylic acids is 1. The average Bonchev–Trinajstić information content (AvgIpc) is 3.12. The zero-order valence-electron chi connectivity index (χ0n) is 16.8. The number of anilines is 1. The van der Waals surface area contributed by atoms with Gasteiger partial charge in [0.2, 0.25) is 5.88 Å². The first-order valence-corrected chi connectivity index (χ1v) is 10.3. The Kier molecular flexibility index (Phi) is 5.50. The lowest BCUT2D eigenvalue weighted by Gasteiger charge is -2.12. The molecule has 0 spiro atoms. The summed E-state index contributed by atoms with van der Waals surface area (Å²) in [5.41, 5.74) is 2.07. The number of thiophene rings is 1. The fourth-order valence-electron chi connectivity index (χ4n) is 3.16. The molecule has 1 N–H and O–H groups in total. The zero-order chi connectivity index (χ0) is 21.3. The Balaban J connectivity index is 1.62. The van der Waals surface area contributed by atoms with Gasteiger partial charge in [-0.1, -0.05) is 19.1 Å². The number of ether oxygens (including phenoxy) is 2. The van der Waals surface area contributed by atoms with Crippen LogP contribution in [0.2, 0.25) is 0 Å². The van der Waals surface area contributed by atoms with Crippen LogP contribution in [0.5, 0.6) is 11.6 Å². The predicted octanol–water partition coefficient (Wildman–Crippen LogP) is 4.88. The maximum Gasteiger partial charge on any atom is 0.262 e. The Morgan fingerprint density at radius 2 is 2.07 bits per heavy atom. The third-order valence-electron chi connectivity index (χ3n) is 4.59. The Hall–Kier alpha value is -3.26. The molecule has 2 aromatic heterocycles. The highest BCUT2D eigenvalue weighted by molar-refractivity contribution is 7.26. The lowest BCUT2D eigenvalue weighted by atomic mass is 10.2. The Morgan fingerprint density at radius 1 is 1.23 bits per heavy atom. The maximum absolute atomic E-state index is 14.4. The van der Waals surface area contributed by atoms with E-state index in [2.05, 4.69) is 15.3 Å². The summed E-state index contributed by atoms with van der Waals surface area (Å²) in [5.74, 6) is 0.683. The van der Waals surface area contributed by atoms with Gasteiger partial charge in [0.25, 0.3) is 5.91 Å². The molecule has 154 valence electrons. The summed E-state index contributed by atoms with van der Waals surface area (Å²) < 4.78 is 26.8. The van der Waals surface area contributed by atoms with Crippen molar-refractivity contribution in [1.29, 1.82) is 0 Å². The molecular weight excluding hydrogens is 405 g/mol. The molecule has 4 aromatic rings. The fourth-order valence-corrected chi connectivity index (χ4v) is 4.26. The van der Waals surface area contributed by atoms with Gasteiger partial charge in [-0.05, 0) is 36.8 Å². The number of halogens is 1. The molecule has 0 bridgehead atoms. The van der Waals surface area contributed by atoms with E-state index in [1.54, 1.807) is 19.2 Å². The topological polar surface area (TPSA) is 73.3 Å². The maximum atomic E-state index is 14.4. The van der Waals surface area contributed by atoms with Crippen LogP contribution < -0.4 is 14.8 Å². The van der Waals surface area contributed by atoms with Gasteiger partial charge in [0.1, 0.15) is 22.1 Å². The Bertz CT molecular complexity index is 1260. The predicted molar refractivity (Wildman–Crippen MR) is 116 cm³/mol. The average molecular weight is 425 g/mol. The largest absolute Gasteiger partial charge is 0.495 e. The van der Waals surface area contributed by atoms with Gasteiger partial charge in [-0.3, -0.25) is 4.79 Å². The first-order chi connectivity index (χ1) is 14.5. The number of fused-ring (bicyclic) bond motifs is 3. The molecule has 8 heteroatoms. The molecule has 0 saturated heterocycles. The van der Waals surface area contributed by atoms with Crippen molar-refractivity contribution in [2.24, 2.45) is 0 Å². The molecule has 4 rings (SSSR count). The van der Waals surface area contributed by atoms with Crippen LogP contribution in [0, 0.1) is 12.7 Å².